The summed E-state index contributed by atoms with van der Waals surface area (Å²) < 4.78 is 16.0. The van der Waals surface area contributed by atoms with E-state index in [-0.39, 0.29) is 23.3 Å². The maximum absolute atomic E-state index is 13.2. The van der Waals surface area contributed by atoms with Crippen molar-refractivity contribution in [3.05, 3.63) is 28.5 Å². The van der Waals surface area contributed by atoms with Crippen molar-refractivity contribution in [3.63, 3.8) is 0 Å². The maximum atomic E-state index is 13.2. The fraction of sp³-hybridized carbons (Fsp3) is 0.704. The van der Waals surface area contributed by atoms with Gasteiger partial charge < -0.3 is 18.6 Å². The standard InChI is InChI=1S/C27H44BrN3O3Si/c1-19-20(28)14-15-22-24(19)29-18-30(22)16-10-12-21-23(34-35(8,9)27(5,6)7)13-11-17-31(21)25(32)33-26(2,3)4/h14-15,18,21,23H,10-13,16-17H2,1-9H3/t21-,23+/m1/s1. The summed E-state index contributed by atoms with van der Waals surface area (Å²) in [6, 6.07) is 4.22. The summed E-state index contributed by atoms with van der Waals surface area (Å²) in [4.78, 5) is 19.8. The van der Waals surface area contributed by atoms with Gasteiger partial charge >= 0.3 is 6.09 Å². The third kappa shape index (κ3) is 6.69. The molecule has 0 aliphatic carbocycles. The Bertz CT molecular complexity index is 1040. The number of nitrogens with zero attached hydrogens (tertiary/aromatic N) is 3. The van der Waals surface area contributed by atoms with Crippen molar-refractivity contribution in [2.45, 2.75) is 117 Å². The summed E-state index contributed by atoms with van der Waals surface area (Å²) in [5, 5.41) is 0.119. The quantitative estimate of drug-likeness (QED) is 0.337. The van der Waals surface area contributed by atoms with Crippen molar-refractivity contribution < 1.29 is 14.0 Å². The van der Waals surface area contributed by atoms with Gasteiger partial charge in [0.2, 0.25) is 0 Å². The second-order valence-corrected chi connectivity index (χ2v) is 18.0. The van der Waals surface area contributed by atoms with E-state index >= 15 is 0 Å². The summed E-state index contributed by atoms with van der Waals surface area (Å²) in [6.45, 7) is 20.9. The SMILES string of the molecule is Cc1c(Br)ccc2c1ncn2CCC[C@@H]1[C@@H](O[Si](C)(C)C(C)(C)C)CCCN1C(=O)OC(C)(C)C. The number of amides is 1. The molecule has 0 spiro atoms. The average molecular weight is 567 g/mol. The lowest BCUT2D eigenvalue weighted by atomic mass is 9.95. The van der Waals surface area contributed by atoms with E-state index in [4.69, 9.17) is 9.16 Å². The van der Waals surface area contributed by atoms with E-state index in [0.29, 0.717) is 0 Å². The number of hydrogen-bond donors (Lipinski definition) is 0. The lowest BCUT2D eigenvalue weighted by Gasteiger charge is -2.47. The van der Waals surface area contributed by atoms with Crippen LogP contribution in [0.4, 0.5) is 4.79 Å². The number of aryl methyl sites for hydroxylation is 2. The highest BCUT2D eigenvalue weighted by Crippen LogP contribution is 2.40. The highest BCUT2D eigenvalue weighted by molar-refractivity contribution is 9.10. The van der Waals surface area contributed by atoms with E-state index in [1.807, 2.05) is 32.0 Å². The molecule has 1 aliphatic rings. The second kappa shape index (κ2) is 10.5. The molecule has 3 rings (SSSR count). The first kappa shape index (κ1) is 28.2. The molecule has 1 aromatic carbocycles. The van der Waals surface area contributed by atoms with E-state index in [1.165, 1.54) is 0 Å². The minimum Gasteiger partial charge on any atom is -0.444 e. The Morgan fingerprint density at radius 3 is 2.51 bits per heavy atom. The zero-order valence-corrected chi connectivity index (χ0v) is 25.7. The molecule has 0 bridgehead atoms. The smallest absolute Gasteiger partial charge is 0.410 e. The minimum absolute atomic E-state index is 0.0124. The van der Waals surface area contributed by atoms with Crippen LogP contribution in [0.5, 0.6) is 0 Å². The van der Waals surface area contributed by atoms with Crippen LogP contribution in [0.1, 0.15) is 72.8 Å². The lowest BCUT2D eigenvalue weighted by Crippen LogP contribution is -2.56. The number of piperidine rings is 1. The summed E-state index contributed by atoms with van der Waals surface area (Å²) in [5.74, 6) is 0. The number of ether oxygens (including phenoxy) is 1. The molecule has 1 saturated heterocycles. The van der Waals surface area contributed by atoms with Crippen molar-refractivity contribution in [1.29, 1.82) is 0 Å². The molecule has 1 fully saturated rings. The predicted molar refractivity (Wildman–Crippen MR) is 149 cm³/mol. The Morgan fingerprint density at radius 2 is 1.89 bits per heavy atom. The van der Waals surface area contributed by atoms with Gasteiger partial charge in [0.1, 0.15) is 5.60 Å². The van der Waals surface area contributed by atoms with Gasteiger partial charge in [0.05, 0.1) is 29.5 Å². The molecule has 2 aromatic rings. The minimum atomic E-state index is -1.98. The average Bonchev–Trinajstić information content (AvgIpc) is 3.13. The summed E-state index contributed by atoms with van der Waals surface area (Å²) in [7, 11) is -1.98. The number of likely N-dealkylation sites (tertiary alicyclic amines) is 1. The Kier molecular flexibility index (Phi) is 8.49. The van der Waals surface area contributed by atoms with Gasteiger partial charge in [-0.2, -0.15) is 0 Å². The van der Waals surface area contributed by atoms with Gasteiger partial charge in [0.25, 0.3) is 0 Å². The molecular formula is C27H44BrN3O3Si. The molecule has 35 heavy (non-hydrogen) atoms. The van der Waals surface area contributed by atoms with Crippen molar-refractivity contribution in [3.8, 4) is 0 Å². The van der Waals surface area contributed by atoms with Gasteiger partial charge in [0, 0.05) is 17.6 Å². The van der Waals surface area contributed by atoms with Gasteiger partial charge in [-0.05, 0) is 89.2 Å². The molecule has 196 valence electrons. The molecule has 2 heterocycles. The largest absolute Gasteiger partial charge is 0.444 e. The molecule has 0 unspecified atom stereocenters. The lowest BCUT2D eigenvalue weighted by molar-refractivity contribution is -0.0219. The van der Waals surface area contributed by atoms with Gasteiger partial charge in [-0.25, -0.2) is 9.78 Å². The van der Waals surface area contributed by atoms with Gasteiger partial charge in [-0.15, -0.1) is 0 Å². The third-order valence-corrected chi connectivity index (χ3v) is 12.8. The number of hydrogen-bond acceptors (Lipinski definition) is 4. The van der Waals surface area contributed by atoms with Gasteiger partial charge in [-0.3, -0.25) is 0 Å². The van der Waals surface area contributed by atoms with Crippen LogP contribution in [-0.2, 0) is 15.7 Å². The van der Waals surface area contributed by atoms with E-state index in [1.54, 1.807) is 0 Å². The molecular weight excluding hydrogens is 522 g/mol. The molecule has 6 nitrogen and oxygen atoms in total. The Morgan fingerprint density at radius 1 is 1.20 bits per heavy atom. The zero-order valence-electron chi connectivity index (χ0n) is 23.1. The first-order valence-electron chi connectivity index (χ1n) is 12.9. The van der Waals surface area contributed by atoms with Crippen molar-refractivity contribution in [1.82, 2.24) is 14.5 Å². The van der Waals surface area contributed by atoms with Crippen LogP contribution in [0.3, 0.4) is 0 Å². The summed E-state index contributed by atoms with van der Waals surface area (Å²) in [5.41, 5.74) is 2.82. The molecule has 1 aliphatic heterocycles. The summed E-state index contributed by atoms with van der Waals surface area (Å²) >= 11 is 3.61. The molecule has 0 radical (unpaired) electrons. The number of carbonyl (C=O) groups is 1. The topological polar surface area (TPSA) is 56.6 Å². The molecule has 0 saturated carbocycles. The highest BCUT2D eigenvalue weighted by Gasteiger charge is 2.44. The first-order valence-corrected chi connectivity index (χ1v) is 16.6. The number of rotatable bonds is 6. The molecule has 2 atom stereocenters. The second-order valence-electron chi connectivity index (χ2n) is 12.4. The van der Waals surface area contributed by atoms with Crippen LogP contribution in [0.2, 0.25) is 18.1 Å². The Hall–Kier alpha value is -1.38. The number of halogens is 1. The molecule has 8 heteroatoms. The Balaban J connectivity index is 1.80. The van der Waals surface area contributed by atoms with E-state index in [0.717, 1.165) is 59.8 Å². The van der Waals surface area contributed by atoms with Gasteiger partial charge in [0.15, 0.2) is 8.32 Å². The number of carbonyl (C=O) groups excluding carboxylic acids is 1. The van der Waals surface area contributed by atoms with E-state index in [2.05, 4.69) is 78.4 Å². The molecule has 1 amide bonds. The van der Waals surface area contributed by atoms with E-state index < -0.39 is 13.9 Å². The summed E-state index contributed by atoms with van der Waals surface area (Å²) in [6.07, 6.45) is 5.47. The fourth-order valence-electron chi connectivity index (χ4n) is 4.50. The monoisotopic (exact) mass is 565 g/mol. The third-order valence-electron chi connectivity index (χ3n) is 7.48. The van der Waals surface area contributed by atoms with Crippen LogP contribution >= 0.6 is 15.9 Å². The van der Waals surface area contributed by atoms with Crippen LogP contribution < -0.4 is 0 Å². The maximum Gasteiger partial charge on any atom is 0.410 e. The zero-order chi connectivity index (χ0) is 26.2. The Labute approximate surface area is 221 Å². The molecule has 0 N–H and O–H groups in total. The first-order chi connectivity index (χ1) is 16.1. The normalized spacial score (nSPS) is 19.9. The van der Waals surface area contributed by atoms with Crippen LogP contribution in [0.15, 0.2) is 22.9 Å². The van der Waals surface area contributed by atoms with Crippen molar-refractivity contribution >= 4 is 41.4 Å². The highest BCUT2D eigenvalue weighted by atomic mass is 79.9. The molecule has 1 aromatic heterocycles. The fourth-order valence-corrected chi connectivity index (χ4v) is 6.20. The van der Waals surface area contributed by atoms with Crippen molar-refractivity contribution in [2.75, 3.05) is 6.54 Å². The van der Waals surface area contributed by atoms with Crippen molar-refractivity contribution in [2.24, 2.45) is 0 Å². The number of fused-ring (bicyclic) bond motifs is 1. The van der Waals surface area contributed by atoms with Gasteiger partial charge in [-0.1, -0.05) is 36.7 Å². The van der Waals surface area contributed by atoms with Crippen LogP contribution in [0.25, 0.3) is 11.0 Å². The number of benzene rings is 1. The number of aromatic nitrogens is 2. The number of imidazole rings is 1. The van der Waals surface area contributed by atoms with Crippen LogP contribution in [0, 0.1) is 6.92 Å². The predicted octanol–water partition coefficient (Wildman–Crippen LogP) is 7.68. The van der Waals surface area contributed by atoms with Crippen LogP contribution in [-0.4, -0.2) is 53.2 Å². The van der Waals surface area contributed by atoms with E-state index in [9.17, 15) is 4.79 Å².